The molecule has 0 amide bonds. The van der Waals surface area contributed by atoms with Gasteiger partial charge in [0.2, 0.25) is 0 Å². The molecule has 1 saturated carbocycles. The monoisotopic (exact) mass is 458 g/mol. The molecule has 0 radical (unpaired) electrons. The van der Waals surface area contributed by atoms with Crippen molar-refractivity contribution in [3.63, 3.8) is 0 Å². The molecule has 4 aromatic rings. The van der Waals surface area contributed by atoms with Crippen LogP contribution in [0.5, 0.6) is 5.75 Å². The van der Waals surface area contributed by atoms with Gasteiger partial charge in [-0.25, -0.2) is 4.39 Å². The molecule has 5 heteroatoms. The fraction of sp³-hybridized carbons (Fsp3) is 0.276. The zero-order valence-corrected chi connectivity index (χ0v) is 19.5. The number of nitrogens with two attached hydrogens (primary N) is 1. The van der Waals surface area contributed by atoms with Gasteiger partial charge in [0.05, 0.1) is 6.10 Å². The first kappa shape index (κ1) is 23.7. The number of nitrogens with one attached hydrogen (secondary N) is 1. The number of pyridine rings is 1. The van der Waals surface area contributed by atoms with Crippen LogP contribution in [0, 0.1) is 12.7 Å². The van der Waals surface area contributed by atoms with E-state index in [0.29, 0.717) is 6.04 Å². The Morgan fingerprint density at radius 2 is 1.59 bits per heavy atom. The molecule has 0 atom stereocenters. The minimum absolute atomic E-state index is 0.0555. The summed E-state index contributed by atoms with van der Waals surface area (Å²) in [5.74, 6) is 0.699. The minimum Gasteiger partial charge on any atom is -0.490 e. The SMILES string of the molecule is Cc1cc2c(=O)[nH]cc(Cc3ccccc3)c2cc1OC1CCC(N)CC1.Fc1ccccc1. The van der Waals surface area contributed by atoms with Gasteiger partial charge in [0.25, 0.3) is 5.56 Å². The van der Waals surface area contributed by atoms with Gasteiger partial charge in [-0.3, -0.25) is 4.79 Å². The van der Waals surface area contributed by atoms with Crippen molar-refractivity contribution in [1.82, 2.24) is 4.98 Å². The lowest BCUT2D eigenvalue weighted by atomic mass is 9.93. The maximum atomic E-state index is 12.4. The number of aromatic amines is 1. The molecule has 3 aromatic carbocycles. The van der Waals surface area contributed by atoms with Gasteiger partial charge in [-0.2, -0.15) is 0 Å². The molecule has 3 N–H and O–H groups in total. The van der Waals surface area contributed by atoms with Gasteiger partial charge < -0.3 is 15.5 Å². The highest BCUT2D eigenvalue weighted by Gasteiger charge is 2.21. The summed E-state index contributed by atoms with van der Waals surface area (Å²) in [6.07, 6.45) is 6.81. The van der Waals surface area contributed by atoms with Crippen LogP contribution < -0.4 is 16.0 Å². The number of H-pyrrole nitrogens is 1. The van der Waals surface area contributed by atoms with Crippen LogP contribution in [0.25, 0.3) is 10.8 Å². The van der Waals surface area contributed by atoms with E-state index in [9.17, 15) is 9.18 Å². The predicted molar refractivity (Wildman–Crippen MR) is 136 cm³/mol. The van der Waals surface area contributed by atoms with E-state index in [-0.39, 0.29) is 17.5 Å². The van der Waals surface area contributed by atoms with Crippen LogP contribution in [0.2, 0.25) is 0 Å². The first-order chi connectivity index (χ1) is 16.5. The number of benzene rings is 3. The Bertz CT molecular complexity index is 1260. The van der Waals surface area contributed by atoms with Gasteiger partial charge in [-0.1, -0.05) is 48.5 Å². The number of aromatic nitrogens is 1. The molecule has 176 valence electrons. The molecule has 1 aliphatic carbocycles. The Balaban J connectivity index is 0.000000336. The second-order valence-corrected chi connectivity index (χ2v) is 8.92. The summed E-state index contributed by atoms with van der Waals surface area (Å²) in [6, 6.07) is 22.5. The normalized spacial score (nSPS) is 17.6. The maximum Gasteiger partial charge on any atom is 0.255 e. The van der Waals surface area contributed by atoms with E-state index >= 15 is 0 Å². The van der Waals surface area contributed by atoms with E-state index in [1.807, 2.05) is 43.5 Å². The lowest BCUT2D eigenvalue weighted by molar-refractivity contribution is 0.146. The largest absolute Gasteiger partial charge is 0.490 e. The van der Waals surface area contributed by atoms with Crippen LogP contribution in [0.15, 0.2) is 83.8 Å². The fourth-order valence-corrected chi connectivity index (χ4v) is 4.34. The Morgan fingerprint density at radius 1 is 0.941 bits per heavy atom. The number of aryl methyl sites for hydroxylation is 1. The van der Waals surface area contributed by atoms with Crippen LogP contribution in [-0.4, -0.2) is 17.1 Å². The number of hydrogen-bond acceptors (Lipinski definition) is 3. The summed E-state index contributed by atoms with van der Waals surface area (Å²) in [4.78, 5) is 15.2. The number of rotatable bonds is 4. The molecule has 5 rings (SSSR count). The van der Waals surface area contributed by atoms with Crippen molar-refractivity contribution >= 4 is 10.8 Å². The van der Waals surface area contributed by atoms with Crippen LogP contribution >= 0.6 is 0 Å². The van der Waals surface area contributed by atoms with E-state index < -0.39 is 0 Å². The van der Waals surface area contributed by atoms with Crippen LogP contribution in [-0.2, 0) is 6.42 Å². The fourth-order valence-electron chi connectivity index (χ4n) is 4.34. The number of ether oxygens (including phenoxy) is 1. The summed E-state index contributed by atoms with van der Waals surface area (Å²) in [6.45, 7) is 2.01. The topological polar surface area (TPSA) is 68.1 Å². The summed E-state index contributed by atoms with van der Waals surface area (Å²) in [5.41, 5.74) is 9.28. The van der Waals surface area contributed by atoms with Crippen molar-refractivity contribution in [2.24, 2.45) is 5.73 Å². The van der Waals surface area contributed by atoms with E-state index in [4.69, 9.17) is 10.5 Å². The Morgan fingerprint density at radius 3 is 2.21 bits per heavy atom. The van der Waals surface area contributed by atoms with E-state index in [1.54, 1.807) is 18.2 Å². The molecule has 0 bridgehead atoms. The average Bonchev–Trinajstić information content (AvgIpc) is 2.85. The highest BCUT2D eigenvalue weighted by atomic mass is 19.1. The zero-order valence-electron chi connectivity index (χ0n) is 19.5. The van der Waals surface area contributed by atoms with Crippen molar-refractivity contribution in [1.29, 1.82) is 0 Å². The van der Waals surface area contributed by atoms with Crippen LogP contribution in [0.1, 0.15) is 42.4 Å². The standard InChI is InChI=1S/C23H26N2O2.C6H5F/c1-15-11-21-20(13-22(15)27-19-9-7-18(24)8-10-19)17(14-25-23(21)26)12-16-5-3-2-4-6-16;7-6-4-2-1-3-5-6/h2-6,11,13-14,18-19H,7-10,12,24H2,1H3,(H,25,26);1-5H. The maximum absolute atomic E-state index is 12.4. The molecule has 0 spiro atoms. The third kappa shape index (κ3) is 6.12. The molecule has 1 aromatic heterocycles. The first-order valence-corrected chi connectivity index (χ1v) is 11.8. The minimum atomic E-state index is -0.178. The van der Waals surface area contributed by atoms with Crippen molar-refractivity contribution < 1.29 is 9.13 Å². The average molecular weight is 459 g/mol. The van der Waals surface area contributed by atoms with Gasteiger partial charge in [-0.05, 0) is 85.4 Å². The lowest BCUT2D eigenvalue weighted by Crippen LogP contribution is -2.31. The van der Waals surface area contributed by atoms with Crippen molar-refractivity contribution in [2.75, 3.05) is 0 Å². The molecule has 0 aliphatic heterocycles. The smallest absolute Gasteiger partial charge is 0.255 e. The number of hydrogen-bond donors (Lipinski definition) is 2. The van der Waals surface area contributed by atoms with Gasteiger partial charge >= 0.3 is 0 Å². The number of fused-ring (bicyclic) bond motifs is 1. The van der Waals surface area contributed by atoms with E-state index in [2.05, 4.69) is 17.1 Å². The predicted octanol–water partition coefficient (Wildman–Crippen LogP) is 5.90. The molecule has 1 aliphatic rings. The molecule has 4 nitrogen and oxygen atoms in total. The van der Waals surface area contributed by atoms with E-state index in [1.165, 1.54) is 17.7 Å². The van der Waals surface area contributed by atoms with Gasteiger partial charge in [0.1, 0.15) is 11.6 Å². The van der Waals surface area contributed by atoms with Gasteiger partial charge in [0.15, 0.2) is 0 Å². The molecule has 0 saturated heterocycles. The van der Waals surface area contributed by atoms with Crippen molar-refractivity contribution in [2.45, 2.75) is 51.2 Å². The van der Waals surface area contributed by atoms with Gasteiger partial charge in [-0.15, -0.1) is 0 Å². The van der Waals surface area contributed by atoms with E-state index in [0.717, 1.165) is 59.8 Å². The first-order valence-electron chi connectivity index (χ1n) is 11.8. The Hall–Kier alpha value is -3.44. The summed E-state index contributed by atoms with van der Waals surface area (Å²) in [5, 5.41) is 1.69. The van der Waals surface area contributed by atoms with Gasteiger partial charge in [0, 0.05) is 17.6 Å². The quantitative estimate of drug-likeness (QED) is 0.400. The molecule has 1 fully saturated rings. The molecule has 0 unspecified atom stereocenters. The Labute approximate surface area is 199 Å². The zero-order chi connectivity index (χ0) is 23.9. The highest BCUT2D eigenvalue weighted by molar-refractivity contribution is 5.87. The van der Waals surface area contributed by atoms with Crippen molar-refractivity contribution in [3.8, 4) is 5.75 Å². The summed E-state index contributed by atoms with van der Waals surface area (Å²) < 4.78 is 18.2. The third-order valence-corrected chi connectivity index (χ3v) is 6.27. The van der Waals surface area contributed by atoms with Crippen LogP contribution in [0.3, 0.4) is 0 Å². The number of halogens is 1. The third-order valence-electron chi connectivity index (χ3n) is 6.27. The lowest BCUT2D eigenvalue weighted by Gasteiger charge is -2.27. The molecular formula is C29H31FN2O2. The van der Waals surface area contributed by atoms with Crippen molar-refractivity contribution in [3.05, 3.63) is 112 Å². The summed E-state index contributed by atoms with van der Waals surface area (Å²) in [7, 11) is 0. The molecule has 1 heterocycles. The second kappa shape index (κ2) is 11.1. The summed E-state index contributed by atoms with van der Waals surface area (Å²) >= 11 is 0. The highest BCUT2D eigenvalue weighted by Crippen LogP contribution is 2.30. The second-order valence-electron chi connectivity index (χ2n) is 8.92. The molecular weight excluding hydrogens is 427 g/mol. The molecule has 34 heavy (non-hydrogen) atoms. The van der Waals surface area contributed by atoms with Crippen LogP contribution in [0.4, 0.5) is 4.39 Å². The Kier molecular flexibility index (Phi) is 7.76.